The molecule has 0 bridgehead atoms. The van der Waals surface area contributed by atoms with Gasteiger partial charge in [0.25, 0.3) is 0 Å². The first-order valence-electron chi connectivity index (χ1n) is 7.12. The van der Waals surface area contributed by atoms with Gasteiger partial charge in [-0.15, -0.1) is 0 Å². The van der Waals surface area contributed by atoms with Gasteiger partial charge >= 0.3 is 0 Å². The lowest BCUT2D eigenvalue weighted by atomic mass is 10.1. The Morgan fingerprint density at radius 3 is 2.79 bits per heavy atom. The van der Waals surface area contributed by atoms with Gasteiger partial charge in [-0.1, -0.05) is 29.8 Å². The Balaban J connectivity index is 1.69. The Labute approximate surface area is 148 Å². The Morgan fingerprint density at radius 1 is 1.21 bits per heavy atom. The monoisotopic (exact) mass is 383 g/mol. The van der Waals surface area contributed by atoms with Crippen LogP contribution in [0.2, 0.25) is 5.02 Å². The Bertz CT molecular complexity index is 959. The van der Waals surface area contributed by atoms with Crippen molar-refractivity contribution in [1.82, 2.24) is 13.5 Å². The van der Waals surface area contributed by atoms with Crippen molar-refractivity contribution in [2.45, 2.75) is 17.4 Å². The molecule has 0 saturated carbocycles. The van der Waals surface area contributed by atoms with Crippen LogP contribution in [0.3, 0.4) is 0 Å². The molecule has 1 aromatic heterocycles. The van der Waals surface area contributed by atoms with Gasteiger partial charge in [0.05, 0.1) is 17.8 Å². The number of aromatic nitrogens is 2. The topological polar surface area (TPSA) is 92.2 Å². The molecule has 0 fully saturated rings. The Hall–Kier alpha value is -1.58. The van der Waals surface area contributed by atoms with Crippen molar-refractivity contribution in [2.24, 2.45) is 0 Å². The first-order valence-corrected chi connectivity index (χ1v) is 9.71. The van der Waals surface area contributed by atoms with E-state index < -0.39 is 16.1 Å². The van der Waals surface area contributed by atoms with Gasteiger partial charge in [0.2, 0.25) is 10.0 Å². The van der Waals surface area contributed by atoms with E-state index in [1.165, 1.54) is 6.07 Å². The average molecular weight is 384 g/mol. The lowest BCUT2D eigenvalue weighted by Gasteiger charge is -2.12. The normalized spacial score (nSPS) is 13.2. The number of hydrogen-bond donors (Lipinski definition) is 2. The van der Waals surface area contributed by atoms with E-state index in [1.807, 2.05) is 0 Å². The van der Waals surface area contributed by atoms with Crippen LogP contribution in [0, 0.1) is 0 Å². The van der Waals surface area contributed by atoms with Gasteiger partial charge in [0.1, 0.15) is 15.9 Å². The highest BCUT2D eigenvalue weighted by Crippen LogP contribution is 2.22. The van der Waals surface area contributed by atoms with E-state index in [2.05, 4.69) is 13.5 Å². The summed E-state index contributed by atoms with van der Waals surface area (Å²) in [5.41, 5.74) is 1.54. The fourth-order valence-corrected chi connectivity index (χ4v) is 4.30. The van der Waals surface area contributed by atoms with Gasteiger partial charge in [0.15, 0.2) is 0 Å². The lowest BCUT2D eigenvalue weighted by Crippen LogP contribution is -2.26. The number of aliphatic hydroxyl groups excluding tert-OH is 1. The first kappa shape index (κ1) is 17.2. The summed E-state index contributed by atoms with van der Waals surface area (Å²) in [6.45, 7) is 0.0873. The molecule has 0 radical (unpaired) electrons. The fraction of sp³-hybridized carbons (Fsp3) is 0.200. The largest absolute Gasteiger partial charge is 0.388 e. The van der Waals surface area contributed by atoms with E-state index in [1.54, 1.807) is 36.4 Å². The number of halogens is 1. The van der Waals surface area contributed by atoms with E-state index in [9.17, 15) is 13.5 Å². The van der Waals surface area contributed by atoms with Crippen LogP contribution in [0.5, 0.6) is 0 Å². The van der Waals surface area contributed by atoms with Gasteiger partial charge in [-0.25, -0.2) is 13.1 Å². The summed E-state index contributed by atoms with van der Waals surface area (Å²) in [6, 6.07) is 11.7. The molecule has 6 nitrogen and oxygen atoms in total. The maximum Gasteiger partial charge on any atom is 0.242 e. The van der Waals surface area contributed by atoms with Gasteiger partial charge < -0.3 is 5.11 Å². The average Bonchev–Trinajstić information content (AvgIpc) is 3.03. The van der Waals surface area contributed by atoms with E-state index in [0.717, 1.165) is 11.7 Å². The van der Waals surface area contributed by atoms with Crippen LogP contribution < -0.4 is 4.72 Å². The standard InChI is InChI=1S/C15H14ClN3O3S2/c16-11-4-1-3-10(9-11)13(20)7-8-17-24(21,22)14-6-2-5-12-15(14)19-23-18-12/h1-6,9,13,17,20H,7-8H2/t13-/m1/s1. The number of nitrogens with zero attached hydrogens (tertiary/aromatic N) is 2. The maximum atomic E-state index is 12.4. The van der Waals surface area contributed by atoms with Crippen LogP contribution in [0.25, 0.3) is 11.0 Å². The number of nitrogens with one attached hydrogen (secondary N) is 1. The molecule has 3 aromatic rings. The molecule has 2 aromatic carbocycles. The van der Waals surface area contributed by atoms with Crippen molar-refractivity contribution in [3.63, 3.8) is 0 Å². The van der Waals surface area contributed by atoms with Crippen molar-refractivity contribution in [3.05, 3.63) is 53.1 Å². The number of rotatable bonds is 6. The molecule has 0 spiro atoms. The van der Waals surface area contributed by atoms with E-state index in [4.69, 9.17) is 11.6 Å². The summed E-state index contributed by atoms with van der Waals surface area (Å²) in [4.78, 5) is 0.0889. The third-order valence-electron chi connectivity index (χ3n) is 3.48. The molecule has 9 heteroatoms. The molecule has 0 aliphatic carbocycles. The number of aliphatic hydroxyl groups is 1. The van der Waals surface area contributed by atoms with Gasteiger partial charge in [0, 0.05) is 11.6 Å². The Kier molecular flexibility index (Phi) is 5.12. The van der Waals surface area contributed by atoms with Gasteiger partial charge in [-0.05, 0) is 36.2 Å². The van der Waals surface area contributed by atoms with Crippen LogP contribution >= 0.6 is 23.3 Å². The summed E-state index contributed by atoms with van der Waals surface area (Å²) >= 11 is 6.85. The summed E-state index contributed by atoms with van der Waals surface area (Å²) in [5.74, 6) is 0. The molecule has 0 aliphatic heterocycles. The smallest absolute Gasteiger partial charge is 0.242 e. The van der Waals surface area contributed by atoms with Crippen LogP contribution in [0.15, 0.2) is 47.4 Å². The van der Waals surface area contributed by atoms with Crippen LogP contribution in [-0.4, -0.2) is 28.8 Å². The van der Waals surface area contributed by atoms with E-state index >= 15 is 0 Å². The molecule has 1 atom stereocenters. The molecule has 1 heterocycles. The minimum atomic E-state index is -3.73. The SMILES string of the molecule is O=S(=O)(NCC[C@@H](O)c1cccc(Cl)c1)c1cccc2nsnc12. The first-order chi connectivity index (χ1) is 11.5. The highest BCUT2D eigenvalue weighted by Gasteiger charge is 2.19. The molecule has 2 N–H and O–H groups in total. The zero-order valence-electron chi connectivity index (χ0n) is 12.4. The molecule has 3 rings (SSSR count). The minimum absolute atomic E-state index is 0.0873. The van der Waals surface area contributed by atoms with Crippen molar-refractivity contribution in [2.75, 3.05) is 6.54 Å². The zero-order chi connectivity index (χ0) is 17.2. The number of fused-ring (bicyclic) bond motifs is 1. The molecule has 0 unspecified atom stereocenters. The van der Waals surface area contributed by atoms with Crippen molar-refractivity contribution in [3.8, 4) is 0 Å². The number of hydrogen-bond acceptors (Lipinski definition) is 6. The maximum absolute atomic E-state index is 12.4. The van der Waals surface area contributed by atoms with Crippen LogP contribution in [0.1, 0.15) is 18.1 Å². The number of benzene rings is 2. The van der Waals surface area contributed by atoms with Crippen molar-refractivity contribution >= 4 is 44.4 Å². The Morgan fingerprint density at radius 2 is 2.00 bits per heavy atom. The summed E-state index contributed by atoms with van der Waals surface area (Å²) in [6.07, 6.45) is -0.576. The fourth-order valence-electron chi connectivity index (χ4n) is 2.29. The summed E-state index contributed by atoms with van der Waals surface area (Å²) in [7, 11) is -3.73. The quantitative estimate of drug-likeness (QED) is 0.682. The second kappa shape index (κ2) is 7.12. The second-order valence-corrected chi connectivity index (χ2v) is 7.85. The van der Waals surface area contributed by atoms with Crippen molar-refractivity contribution in [1.29, 1.82) is 0 Å². The molecule has 0 aliphatic rings. The highest BCUT2D eigenvalue weighted by molar-refractivity contribution is 7.89. The predicted molar refractivity (Wildman–Crippen MR) is 93.6 cm³/mol. The minimum Gasteiger partial charge on any atom is -0.388 e. The zero-order valence-corrected chi connectivity index (χ0v) is 14.8. The molecule has 0 saturated heterocycles. The summed E-state index contributed by atoms with van der Waals surface area (Å²) in [5, 5.41) is 10.7. The molecular weight excluding hydrogens is 370 g/mol. The van der Waals surface area contributed by atoms with E-state index in [0.29, 0.717) is 21.6 Å². The van der Waals surface area contributed by atoms with Crippen molar-refractivity contribution < 1.29 is 13.5 Å². The predicted octanol–water partition coefficient (Wildman–Crippen LogP) is 2.75. The summed E-state index contributed by atoms with van der Waals surface area (Å²) < 4.78 is 35.4. The molecule has 24 heavy (non-hydrogen) atoms. The highest BCUT2D eigenvalue weighted by atomic mass is 35.5. The molecule has 126 valence electrons. The third kappa shape index (κ3) is 3.73. The molecular formula is C15H14ClN3O3S2. The van der Waals surface area contributed by atoms with Gasteiger partial charge in [-0.2, -0.15) is 8.75 Å². The molecule has 0 amide bonds. The lowest BCUT2D eigenvalue weighted by molar-refractivity contribution is 0.169. The second-order valence-electron chi connectivity index (χ2n) is 5.15. The van der Waals surface area contributed by atoms with Crippen LogP contribution in [-0.2, 0) is 10.0 Å². The van der Waals surface area contributed by atoms with Crippen LogP contribution in [0.4, 0.5) is 0 Å². The van der Waals surface area contributed by atoms with E-state index in [-0.39, 0.29) is 17.9 Å². The van der Waals surface area contributed by atoms with Gasteiger partial charge in [-0.3, -0.25) is 0 Å². The third-order valence-corrected chi connectivity index (χ3v) is 5.75. The number of sulfonamides is 1.